The number of nitriles is 1. The molecule has 3 aromatic rings. The van der Waals surface area contributed by atoms with Gasteiger partial charge in [0.05, 0.1) is 18.7 Å². The van der Waals surface area contributed by atoms with Gasteiger partial charge in [0, 0.05) is 11.1 Å². The van der Waals surface area contributed by atoms with E-state index in [-0.39, 0.29) is 5.69 Å². The lowest BCUT2D eigenvalue weighted by atomic mass is 9.97. The zero-order chi connectivity index (χ0) is 17.1. The largest absolute Gasteiger partial charge is 0.464 e. The number of aryl methyl sites for hydroxylation is 1. The van der Waals surface area contributed by atoms with E-state index in [2.05, 4.69) is 16.3 Å². The van der Waals surface area contributed by atoms with Crippen LogP contribution in [0.2, 0.25) is 0 Å². The van der Waals surface area contributed by atoms with Gasteiger partial charge in [-0.3, -0.25) is 5.10 Å². The zero-order valence-electron chi connectivity index (χ0n) is 13.3. The van der Waals surface area contributed by atoms with E-state index in [9.17, 15) is 4.79 Å². The number of rotatable bonds is 3. The van der Waals surface area contributed by atoms with Crippen molar-refractivity contribution >= 4 is 5.97 Å². The number of carbonyl (C=O) groups is 1. The van der Waals surface area contributed by atoms with E-state index in [0.29, 0.717) is 16.8 Å². The fourth-order valence-corrected chi connectivity index (χ4v) is 2.50. The molecule has 0 saturated carbocycles. The van der Waals surface area contributed by atoms with E-state index in [1.165, 1.54) is 7.11 Å². The van der Waals surface area contributed by atoms with Gasteiger partial charge < -0.3 is 4.74 Å². The Morgan fingerprint density at radius 2 is 1.71 bits per heavy atom. The molecule has 0 atom stereocenters. The third-order valence-electron chi connectivity index (χ3n) is 3.78. The molecule has 3 rings (SSSR count). The third-order valence-corrected chi connectivity index (χ3v) is 3.78. The first-order chi connectivity index (χ1) is 11.6. The lowest BCUT2D eigenvalue weighted by molar-refractivity contribution is 0.0595. The van der Waals surface area contributed by atoms with E-state index in [4.69, 9.17) is 10.00 Å². The lowest BCUT2D eigenvalue weighted by Crippen LogP contribution is -2.03. The minimum absolute atomic E-state index is 0.290. The molecule has 0 aliphatic heterocycles. The maximum atomic E-state index is 12.1. The van der Waals surface area contributed by atoms with Crippen LogP contribution in [0.1, 0.15) is 21.6 Å². The average Bonchev–Trinajstić information content (AvgIpc) is 3.06. The molecule has 0 fully saturated rings. The molecule has 0 aliphatic rings. The molecule has 24 heavy (non-hydrogen) atoms. The highest BCUT2D eigenvalue weighted by Gasteiger charge is 2.22. The smallest absolute Gasteiger partial charge is 0.356 e. The summed E-state index contributed by atoms with van der Waals surface area (Å²) in [5, 5.41) is 16.0. The second-order valence-corrected chi connectivity index (χ2v) is 5.37. The van der Waals surface area contributed by atoms with Gasteiger partial charge in [0.15, 0.2) is 5.69 Å². The molecule has 0 spiro atoms. The van der Waals surface area contributed by atoms with E-state index < -0.39 is 5.97 Å². The normalized spacial score (nSPS) is 10.2. The van der Waals surface area contributed by atoms with Crippen LogP contribution in [0, 0.1) is 18.3 Å². The van der Waals surface area contributed by atoms with Crippen LogP contribution in [0.25, 0.3) is 22.4 Å². The maximum Gasteiger partial charge on any atom is 0.356 e. The predicted octanol–water partition coefficient (Wildman–Crippen LogP) is 3.71. The topological polar surface area (TPSA) is 78.8 Å². The summed E-state index contributed by atoms with van der Waals surface area (Å²) in [6.07, 6.45) is 0. The molecule has 118 valence electrons. The lowest BCUT2D eigenvalue weighted by Gasteiger charge is -2.06. The summed E-state index contributed by atoms with van der Waals surface area (Å²) in [4.78, 5) is 12.1. The van der Waals surface area contributed by atoms with Crippen molar-refractivity contribution in [2.75, 3.05) is 7.11 Å². The van der Waals surface area contributed by atoms with Crippen LogP contribution < -0.4 is 0 Å². The quantitative estimate of drug-likeness (QED) is 0.747. The molecule has 5 nitrogen and oxygen atoms in total. The predicted molar refractivity (Wildman–Crippen MR) is 90.3 cm³/mol. The van der Waals surface area contributed by atoms with Crippen LogP contribution in [-0.2, 0) is 4.74 Å². The number of nitrogens with one attached hydrogen (secondary N) is 1. The Bertz CT molecular complexity index is 917. The fourth-order valence-electron chi connectivity index (χ4n) is 2.50. The molecular weight excluding hydrogens is 302 g/mol. The molecule has 1 heterocycles. The number of hydrogen-bond acceptors (Lipinski definition) is 4. The summed E-state index contributed by atoms with van der Waals surface area (Å²) in [5.74, 6) is -0.486. The van der Waals surface area contributed by atoms with Gasteiger partial charge in [0.25, 0.3) is 0 Å². The second kappa shape index (κ2) is 6.39. The highest BCUT2D eigenvalue weighted by Crippen LogP contribution is 2.33. The van der Waals surface area contributed by atoms with Crippen LogP contribution in [0.5, 0.6) is 0 Å². The first kappa shape index (κ1) is 15.5. The molecule has 0 unspecified atom stereocenters. The molecule has 1 aromatic heterocycles. The van der Waals surface area contributed by atoms with Crippen molar-refractivity contribution in [3.8, 4) is 28.5 Å². The number of aromatic nitrogens is 2. The summed E-state index contributed by atoms with van der Waals surface area (Å²) < 4.78 is 4.85. The Hall–Kier alpha value is -3.39. The highest BCUT2D eigenvalue weighted by atomic mass is 16.5. The van der Waals surface area contributed by atoms with Crippen LogP contribution >= 0.6 is 0 Å². The standard InChI is InChI=1S/C19H15N3O2/c1-12-3-7-15(8-4-12)17-16(18(22-21-17)19(23)24-2)14-9-5-13(11-20)6-10-14/h3-10H,1-2H3,(H,21,22). The first-order valence-corrected chi connectivity index (χ1v) is 7.38. The van der Waals surface area contributed by atoms with Crippen molar-refractivity contribution < 1.29 is 9.53 Å². The number of ether oxygens (including phenoxy) is 1. The number of aromatic amines is 1. The Morgan fingerprint density at radius 3 is 2.29 bits per heavy atom. The summed E-state index contributed by atoms with van der Waals surface area (Å²) in [5.41, 5.74) is 5.00. The molecule has 0 aliphatic carbocycles. The van der Waals surface area contributed by atoms with Crippen molar-refractivity contribution in [3.05, 3.63) is 65.4 Å². The summed E-state index contributed by atoms with van der Waals surface area (Å²) >= 11 is 0. The highest BCUT2D eigenvalue weighted by molar-refractivity contribution is 5.99. The Balaban J connectivity index is 2.19. The van der Waals surface area contributed by atoms with Crippen molar-refractivity contribution in [2.24, 2.45) is 0 Å². The van der Waals surface area contributed by atoms with Crippen molar-refractivity contribution in [1.29, 1.82) is 5.26 Å². The molecule has 0 bridgehead atoms. The number of nitrogens with zero attached hydrogens (tertiary/aromatic N) is 2. The molecule has 0 amide bonds. The molecule has 0 saturated heterocycles. The van der Waals surface area contributed by atoms with Crippen LogP contribution in [0.4, 0.5) is 0 Å². The van der Waals surface area contributed by atoms with E-state index in [1.807, 2.05) is 31.2 Å². The van der Waals surface area contributed by atoms with Gasteiger partial charge in [0.1, 0.15) is 5.69 Å². The van der Waals surface area contributed by atoms with E-state index in [0.717, 1.165) is 16.7 Å². The van der Waals surface area contributed by atoms with Gasteiger partial charge in [-0.15, -0.1) is 0 Å². The Morgan fingerprint density at radius 1 is 1.08 bits per heavy atom. The van der Waals surface area contributed by atoms with Crippen molar-refractivity contribution in [3.63, 3.8) is 0 Å². The van der Waals surface area contributed by atoms with Gasteiger partial charge in [-0.1, -0.05) is 42.0 Å². The fraction of sp³-hybridized carbons (Fsp3) is 0.105. The Labute approximate surface area is 139 Å². The number of esters is 1. The van der Waals surface area contributed by atoms with Crippen LogP contribution in [0.15, 0.2) is 48.5 Å². The van der Waals surface area contributed by atoms with Crippen LogP contribution in [0.3, 0.4) is 0 Å². The second-order valence-electron chi connectivity index (χ2n) is 5.37. The van der Waals surface area contributed by atoms with Gasteiger partial charge in [-0.05, 0) is 24.6 Å². The van der Waals surface area contributed by atoms with Gasteiger partial charge >= 0.3 is 5.97 Å². The first-order valence-electron chi connectivity index (χ1n) is 7.38. The zero-order valence-corrected chi connectivity index (χ0v) is 13.3. The number of carbonyl (C=O) groups excluding carboxylic acids is 1. The minimum atomic E-state index is -0.486. The van der Waals surface area contributed by atoms with Gasteiger partial charge in [-0.25, -0.2) is 4.79 Å². The minimum Gasteiger partial charge on any atom is -0.464 e. The Kier molecular flexibility index (Phi) is 4.13. The third kappa shape index (κ3) is 2.77. The summed E-state index contributed by atoms with van der Waals surface area (Å²) in [6, 6.07) is 17.0. The summed E-state index contributed by atoms with van der Waals surface area (Å²) in [7, 11) is 1.33. The molecule has 2 aromatic carbocycles. The number of benzene rings is 2. The van der Waals surface area contributed by atoms with E-state index >= 15 is 0 Å². The molecular formula is C19H15N3O2. The number of methoxy groups -OCH3 is 1. The number of hydrogen-bond donors (Lipinski definition) is 1. The van der Waals surface area contributed by atoms with Gasteiger partial charge in [-0.2, -0.15) is 10.4 Å². The van der Waals surface area contributed by atoms with E-state index in [1.54, 1.807) is 24.3 Å². The molecule has 5 heteroatoms. The van der Waals surface area contributed by atoms with Crippen molar-refractivity contribution in [2.45, 2.75) is 6.92 Å². The van der Waals surface area contributed by atoms with Crippen molar-refractivity contribution in [1.82, 2.24) is 10.2 Å². The average molecular weight is 317 g/mol. The SMILES string of the molecule is COC(=O)c1[nH]nc(-c2ccc(C)cc2)c1-c1ccc(C#N)cc1. The van der Waals surface area contributed by atoms with Crippen LogP contribution in [-0.4, -0.2) is 23.3 Å². The van der Waals surface area contributed by atoms with Gasteiger partial charge in [0.2, 0.25) is 0 Å². The molecule has 0 radical (unpaired) electrons. The monoisotopic (exact) mass is 317 g/mol. The summed E-state index contributed by atoms with van der Waals surface area (Å²) in [6.45, 7) is 2.01. The number of H-pyrrole nitrogens is 1. The maximum absolute atomic E-state index is 12.1. The molecule has 1 N–H and O–H groups in total.